The molecule has 268 valence electrons. The second-order valence-corrected chi connectivity index (χ2v) is 14.1. The van der Waals surface area contributed by atoms with Gasteiger partial charge in [0.15, 0.2) is 6.10 Å². The molecule has 2 saturated carbocycles. The molecule has 0 amide bonds. The summed E-state index contributed by atoms with van der Waals surface area (Å²) in [7, 11) is 0. The van der Waals surface area contributed by atoms with Gasteiger partial charge in [-0.15, -0.1) is 0 Å². The molecule has 3 aromatic rings. The molecule has 8 atom stereocenters. The van der Waals surface area contributed by atoms with Gasteiger partial charge in [-0.05, 0) is 69.0 Å². The van der Waals surface area contributed by atoms with Gasteiger partial charge in [-0.3, -0.25) is 9.59 Å². The minimum Gasteiger partial charge on any atom is -0.461 e. The molecule has 3 aromatic carbocycles. The number of esters is 5. The molecule has 2 bridgehead atoms. The third-order valence-corrected chi connectivity index (χ3v) is 10.6. The molecule has 0 aromatic heterocycles. The summed E-state index contributed by atoms with van der Waals surface area (Å²) in [6, 6.07) is 25.2. The maximum Gasteiger partial charge on any atom is 0.338 e. The summed E-state index contributed by atoms with van der Waals surface area (Å²) >= 11 is 0. The Bertz CT molecular complexity index is 1780. The number of hydrogen-bond acceptors (Lipinski definition) is 11. The van der Waals surface area contributed by atoms with Crippen LogP contribution in [0.5, 0.6) is 0 Å². The molecule has 0 radical (unpaired) electrons. The summed E-state index contributed by atoms with van der Waals surface area (Å²) in [4.78, 5) is 67.2. The lowest BCUT2D eigenvalue weighted by Crippen LogP contribution is -2.78. The highest BCUT2D eigenvalue weighted by molar-refractivity contribution is 5.91. The molecule has 1 aliphatic heterocycles. The monoisotopic (exact) mass is 698 g/mol. The van der Waals surface area contributed by atoms with Crippen LogP contribution in [0.3, 0.4) is 0 Å². The van der Waals surface area contributed by atoms with E-state index in [0.717, 1.165) is 0 Å². The van der Waals surface area contributed by atoms with E-state index in [1.54, 1.807) is 91.0 Å². The van der Waals surface area contributed by atoms with E-state index in [0.29, 0.717) is 5.56 Å². The first-order valence-electron chi connectivity index (χ1n) is 17.1. The summed E-state index contributed by atoms with van der Waals surface area (Å²) in [5.41, 5.74) is -3.54. The van der Waals surface area contributed by atoms with Crippen LogP contribution in [0.4, 0.5) is 0 Å². The Balaban J connectivity index is 1.58. The number of carbonyl (C=O) groups is 5. The average molecular weight is 699 g/mol. The summed E-state index contributed by atoms with van der Waals surface area (Å²) in [5, 5.41) is 0. The van der Waals surface area contributed by atoms with Crippen LogP contribution < -0.4 is 0 Å². The fraction of sp³-hybridized carbons (Fsp3) is 0.425. The summed E-state index contributed by atoms with van der Waals surface area (Å²) in [6.07, 6.45) is -4.44. The Morgan fingerprint density at radius 2 is 1.14 bits per heavy atom. The molecule has 0 N–H and O–H groups in total. The molecule has 2 aliphatic carbocycles. The zero-order valence-electron chi connectivity index (χ0n) is 29.2. The van der Waals surface area contributed by atoms with E-state index in [1.165, 1.54) is 13.8 Å². The van der Waals surface area contributed by atoms with Crippen LogP contribution in [0.15, 0.2) is 91.0 Å². The minimum atomic E-state index is -1.77. The van der Waals surface area contributed by atoms with Crippen molar-refractivity contribution in [3.63, 3.8) is 0 Å². The maximum absolute atomic E-state index is 13.9. The zero-order chi connectivity index (χ0) is 36.6. The largest absolute Gasteiger partial charge is 0.461 e. The first-order chi connectivity index (χ1) is 24.3. The summed E-state index contributed by atoms with van der Waals surface area (Å²) in [6.45, 7) is 7.52. The van der Waals surface area contributed by atoms with Gasteiger partial charge < -0.3 is 28.4 Å². The van der Waals surface area contributed by atoms with E-state index in [4.69, 9.17) is 28.4 Å². The maximum atomic E-state index is 13.9. The van der Waals surface area contributed by atoms with Crippen molar-refractivity contribution in [2.45, 2.75) is 83.1 Å². The van der Waals surface area contributed by atoms with E-state index < -0.39 is 89.3 Å². The van der Waals surface area contributed by atoms with Gasteiger partial charge in [0.2, 0.25) is 0 Å². The lowest BCUT2D eigenvalue weighted by Gasteiger charge is -2.63. The van der Waals surface area contributed by atoms with Gasteiger partial charge in [-0.25, -0.2) is 14.4 Å². The highest BCUT2D eigenvalue weighted by Gasteiger charge is 2.83. The van der Waals surface area contributed by atoms with Gasteiger partial charge in [0.1, 0.15) is 35.9 Å². The van der Waals surface area contributed by atoms with Gasteiger partial charge >= 0.3 is 29.8 Å². The third kappa shape index (κ3) is 6.39. The fourth-order valence-electron chi connectivity index (χ4n) is 8.58. The van der Waals surface area contributed by atoms with Crippen LogP contribution in [0.25, 0.3) is 0 Å². The number of rotatable bonds is 9. The standard InChI is InChI=1S/C40H42O11/c1-24-21-31(47-25(2)41)34(48-26(3)42)39(23-46-35(43)27-15-9-6-10-16-27)32(49-36(44)28-17-11-7-12-18-28)22-30-33(40(24,39)51-38(30,4)5)50-37(45)29-19-13-8-14-20-29/h6-20,24,30-34H,21-23H2,1-5H3/t24-,30+,31-,32-,33-,34+,39+,40+/m1/s1. The number of benzene rings is 3. The number of ether oxygens (including phenoxy) is 6. The van der Waals surface area contributed by atoms with Crippen LogP contribution >= 0.6 is 0 Å². The quantitative estimate of drug-likeness (QED) is 0.199. The van der Waals surface area contributed by atoms with Crippen molar-refractivity contribution in [2.75, 3.05) is 6.61 Å². The third-order valence-electron chi connectivity index (χ3n) is 10.6. The van der Waals surface area contributed by atoms with Crippen LogP contribution in [0.1, 0.15) is 78.5 Å². The van der Waals surface area contributed by atoms with Gasteiger partial charge in [0.25, 0.3) is 0 Å². The molecule has 3 aliphatic rings. The van der Waals surface area contributed by atoms with Crippen LogP contribution in [0, 0.1) is 17.3 Å². The van der Waals surface area contributed by atoms with Crippen molar-refractivity contribution in [3.8, 4) is 0 Å². The number of carbonyl (C=O) groups excluding carboxylic acids is 5. The smallest absolute Gasteiger partial charge is 0.338 e. The zero-order valence-corrected chi connectivity index (χ0v) is 29.2. The van der Waals surface area contributed by atoms with E-state index >= 15 is 0 Å². The molecule has 3 fully saturated rings. The predicted molar refractivity (Wildman–Crippen MR) is 181 cm³/mol. The molecule has 11 heteroatoms. The van der Waals surface area contributed by atoms with E-state index in [2.05, 4.69) is 0 Å². The molecule has 11 nitrogen and oxygen atoms in total. The van der Waals surface area contributed by atoms with Gasteiger partial charge in [0.05, 0.1) is 22.3 Å². The molecule has 1 spiro atoms. The van der Waals surface area contributed by atoms with Gasteiger partial charge in [-0.2, -0.15) is 0 Å². The Morgan fingerprint density at radius 1 is 0.647 bits per heavy atom. The molecule has 1 heterocycles. The second-order valence-electron chi connectivity index (χ2n) is 14.1. The van der Waals surface area contributed by atoms with Crippen molar-refractivity contribution in [2.24, 2.45) is 17.3 Å². The van der Waals surface area contributed by atoms with E-state index in [9.17, 15) is 24.0 Å². The Hall–Kier alpha value is -5.03. The number of hydrogen-bond donors (Lipinski definition) is 0. The number of fused-ring (bicyclic) bond motifs is 1. The highest BCUT2D eigenvalue weighted by atomic mass is 16.6. The lowest BCUT2D eigenvalue weighted by atomic mass is 9.47. The Kier molecular flexibility index (Phi) is 9.78. The van der Waals surface area contributed by atoms with Crippen molar-refractivity contribution in [3.05, 3.63) is 108 Å². The second kappa shape index (κ2) is 13.9. The molecule has 1 saturated heterocycles. The first kappa shape index (κ1) is 35.8. The predicted octanol–water partition coefficient (Wildman–Crippen LogP) is 5.75. The normalized spacial score (nSPS) is 30.2. The minimum absolute atomic E-state index is 0.0558. The van der Waals surface area contributed by atoms with Crippen molar-refractivity contribution < 1.29 is 52.4 Å². The topological polar surface area (TPSA) is 141 Å². The van der Waals surface area contributed by atoms with Crippen molar-refractivity contribution in [1.29, 1.82) is 0 Å². The van der Waals surface area contributed by atoms with Crippen LogP contribution in [-0.2, 0) is 38.0 Å². The van der Waals surface area contributed by atoms with Gasteiger partial charge in [-0.1, -0.05) is 61.5 Å². The average Bonchev–Trinajstić information content (AvgIpc) is 3.28. The summed E-state index contributed by atoms with van der Waals surface area (Å²) < 4.78 is 38.1. The molecular formula is C40H42O11. The van der Waals surface area contributed by atoms with E-state index in [1.807, 2.05) is 20.8 Å². The van der Waals surface area contributed by atoms with Crippen molar-refractivity contribution >= 4 is 29.8 Å². The SMILES string of the molecule is CC(=O)O[C@@H]1C[C@@H](C)[C@@]23OC(C)(C)[C@@H](C[C@@H](OC(=O)c4ccccc4)[C@@]2(COC(=O)c2ccccc2)[C@H]1OC(C)=O)[C@H]3OC(=O)c1ccccc1. The molecule has 51 heavy (non-hydrogen) atoms. The Morgan fingerprint density at radius 3 is 1.65 bits per heavy atom. The van der Waals surface area contributed by atoms with Gasteiger partial charge in [0, 0.05) is 19.8 Å². The Labute approximate surface area is 296 Å². The van der Waals surface area contributed by atoms with Crippen LogP contribution in [-0.4, -0.2) is 72.1 Å². The first-order valence-corrected chi connectivity index (χ1v) is 17.1. The van der Waals surface area contributed by atoms with Crippen molar-refractivity contribution in [1.82, 2.24) is 0 Å². The molecular weight excluding hydrogens is 656 g/mol. The molecule has 0 unspecified atom stereocenters. The summed E-state index contributed by atoms with van der Waals surface area (Å²) in [5.74, 6) is -4.48. The molecule has 6 rings (SSSR count). The fourth-order valence-corrected chi connectivity index (χ4v) is 8.58. The highest BCUT2D eigenvalue weighted by Crippen LogP contribution is 2.68. The van der Waals surface area contributed by atoms with Crippen LogP contribution in [0.2, 0.25) is 0 Å². The lowest BCUT2D eigenvalue weighted by molar-refractivity contribution is -0.316. The van der Waals surface area contributed by atoms with E-state index in [-0.39, 0.29) is 24.0 Å².